The van der Waals surface area contributed by atoms with Crippen LogP contribution < -0.4 is 0 Å². The van der Waals surface area contributed by atoms with E-state index in [1.54, 1.807) is 0 Å². The Balaban J connectivity index is 2.37. The zero-order chi connectivity index (χ0) is 15.0. The Labute approximate surface area is 127 Å². The number of thiophene rings is 1. The van der Waals surface area contributed by atoms with Gasteiger partial charge in [-0.15, -0.1) is 17.8 Å². The maximum absolute atomic E-state index is 12.5. The SMILES string of the molecule is C#CCN(C1CCS(=O)(=O)C1)S(=O)(=O)c1ccc(Cl)s1. The van der Waals surface area contributed by atoms with E-state index in [0.29, 0.717) is 4.34 Å². The van der Waals surface area contributed by atoms with Crippen LogP contribution in [0.5, 0.6) is 0 Å². The van der Waals surface area contributed by atoms with Gasteiger partial charge in [-0.25, -0.2) is 16.8 Å². The van der Waals surface area contributed by atoms with Gasteiger partial charge in [0.05, 0.1) is 22.4 Å². The van der Waals surface area contributed by atoms with E-state index in [4.69, 9.17) is 18.0 Å². The van der Waals surface area contributed by atoms with Crippen LogP contribution in [0.15, 0.2) is 16.3 Å². The molecule has 0 saturated carbocycles. The molecule has 0 aromatic carbocycles. The molecular formula is C11H12ClNO4S3. The third-order valence-electron chi connectivity index (χ3n) is 2.97. The molecule has 9 heteroatoms. The summed E-state index contributed by atoms with van der Waals surface area (Å²) in [4.78, 5) is 0. The van der Waals surface area contributed by atoms with Crippen LogP contribution >= 0.6 is 22.9 Å². The van der Waals surface area contributed by atoms with Crippen LogP contribution in [0.4, 0.5) is 0 Å². The van der Waals surface area contributed by atoms with Crippen molar-refractivity contribution >= 4 is 42.8 Å². The normalized spacial score (nSPS) is 21.9. The van der Waals surface area contributed by atoms with Crippen LogP contribution in [-0.4, -0.2) is 45.2 Å². The molecule has 2 rings (SSSR count). The summed E-state index contributed by atoms with van der Waals surface area (Å²) < 4.78 is 49.6. The summed E-state index contributed by atoms with van der Waals surface area (Å²) in [5.41, 5.74) is 0. The van der Waals surface area contributed by atoms with Gasteiger partial charge >= 0.3 is 0 Å². The fourth-order valence-electron chi connectivity index (χ4n) is 2.05. The van der Waals surface area contributed by atoms with Crippen molar-refractivity contribution in [2.75, 3.05) is 18.1 Å². The molecule has 0 radical (unpaired) electrons. The maximum Gasteiger partial charge on any atom is 0.253 e. The largest absolute Gasteiger partial charge is 0.253 e. The molecule has 1 atom stereocenters. The number of hydrogen-bond acceptors (Lipinski definition) is 5. The van der Waals surface area contributed by atoms with Crippen LogP contribution in [0.2, 0.25) is 4.34 Å². The number of sulfonamides is 1. The number of hydrogen-bond donors (Lipinski definition) is 0. The molecule has 0 spiro atoms. The number of rotatable bonds is 4. The van der Waals surface area contributed by atoms with E-state index < -0.39 is 25.9 Å². The van der Waals surface area contributed by atoms with Gasteiger partial charge in [-0.05, 0) is 18.6 Å². The second-order valence-electron chi connectivity index (χ2n) is 4.37. The monoisotopic (exact) mass is 353 g/mol. The fourth-order valence-corrected chi connectivity index (χ4v) is 7.06. The molecule has 1 unspecified atom stereocenters. The van der Waals surface area contributed by atoms with Gasteiger partial charge in [-0.1, -0.05) is 17.5 Å². The Morgan fingerprint density at radius 1 is 1.50 bits per heavy atom. The van der Waals surface area contributed by atoms with Crippen LogP contribution in [0.1, 0.15) is 6.42 Å². The van der Waals surface area contributed by atoms with E-state index in [9.17, 15) is 16.8 Å². The van der Waals surface area contributed by atoms with Gasteiger partial charge in [-0.2, -0.15) is 4.31 Å². The summed E-state index contributed by atoms with van der Waals surface area (Å²) in [6.45, 7) is -0.155. The minimum Gasteiger partial charge on any atom is -0.229 e. The lowest BCUT2D eigenvalue weighted by Gasteiger charge is -2.24. The molecule has 1 fully saturated rings. The third kappa shape index (κ3) is 3.18. The minimum atomic E-state index is -3.82. The molecular weight excluding hydrogens is 342 g/mol. The average molecular weight is 354 g/mol. The smallest absolute Gasteiger partial charge is 0.229 e. The maximum atomic E-state index is 12.5. The Hall–Kier alpha value is -0.590. The van der Waals surface area contributed by atoms with Crippen molar-refractivity contribution in [2.45, 2.75) is 16.7 Å². The Bertz CT molecular complexity index is 745. The summed E-state index contributed by atoms with van der Waals surface area (Å²) in [5.74, 6) is 2.08. The molecule has 1 aliphatic heterocycles. The second-order valence-corrected chi connectivity index (χ2v) is 10.4. The van der Waals surface area contributed by atoms with Gasteiger partial charge in [-0.3, -0.25) is 0 Å². The van der Waals surface area contributed by atoms with Crippen LogP contribution in [0.25, 0.3) is 0 Å². The molecule has 0 amide bonds. The predicted octanol–water partition coefficient (Wildman–Crippen LogP) is 1.21. The van der Waals surface area contributed by atoms with E-state index in [-0.39, 0.29) is 28.7 Å². The molecule has 20 heavy (non-hydrogen) atoms. The summed E-state index contributed by atoms with van der Waals surface area (Å²) in [6.07, 6.45) is 5.48. The van der Waals surface area contributed by atoms with Gasteiger partial charge < -0.3 is 0 Å². The Morgan fingerprint density at radius 2 is 2.20 bits per heavy atom. The van der Waals surface area contributed by atoms with Crippen molar-refractivity contribution in [2.24, 2.45) is 0 Å². The van der Waals surface area contributed by atoms with E-state index in [0.717, 1.165) is 15.6 Å². The molecule has 110 valence electrons. The summed E-state index contributed by atoms with van der Waals surface area (Å²) in [5, 5.41) is 0. The summed E-state index contributed by atoms with van der Waals surface area (Å²) in [7, 11) is -7.01. The van der Waals surface area contributed by atoms with Crippen molar-refractivity contribution < 1.29 is 16.8 Å². The molecule has 0 N–H and O–H groups in total. The first kappa shape index (κ1) is 15.8. The summed E-state index contributed by atoms with van der Waals surface area (Å²) in [6, 6.07) is 2.27. The molecule has 1 aliphatic rings. The van der Waals surface area contributed by atoms with Crippen molar-refractivity contribution in [1.29, 1.82) is 0 Å². The van der Waals surface area contributed by atoms with Crippen LogP contribution in [0.3, 0.4) is 0 Å². The quantitative estimate of drug-likeness (QED) is 0.763. The number of halogens is 1. The molecule has 0 aliphatic carbocycles. The zero-order valence-corrected chi connectivity index (χ0v) is 13.5. The molecule has 1 aromatic heterocycles. The average Bonchev–Trinajstić information content (AvgIpc) is 2.92. The van der Waals surface area contributed by atoms with E-state index in [1.807, 2.05) is 0 Å². The van der Waals surface area contributed by atoms with Gasteiger partial charge in [0, 0.05) is 6.04 Å². The van der Waals surface area contributed by atoms with Gasteiger partial charge in [0.25, 0.3) is 10.0 Å². The van der Waals surface area contributed by atoms with E-state index >= 15 is 0 Å². The van der Waals surface area contributed by atoms with Crippen LogP contribution in [-0.2, 0) is 19.9 Å². The Morgan fingerprint density at radius 3 is 2.65 bits per heavy atom. The zero-order valence-electron chi connectivity index (χ0n) is 10.3. The molecule has 0 bridgehead atoms. The van der Waals surface area contributed by atoms with Gasteiger partial charge in [0.1, 0.15) is 4.21 Å². The highest BCUT2D eigenvalue weighted by Crippen LogP contribution is 2.31. The molecule has 1 saturated heterocycles. The molecule has 1 aromatic rings. The van der Waals surface area contributed by atoms with E-state index in [2.05, 4.69) is 5.92 Å². The Kier molecular flexibility index (Phi) is 4.47. The first-order chi connectivity index (χ1) is 9.26. The highest BCUT2D eigenvalue weighted by Gasteiger charge is 2.38. The minimum absolute atomic E-state index is 0.0144. The first-order valence-corrected chi connectivity index (χ1v) is 10.1. The fraction of sp³-hybridized carbons (Fsp3) is 0.455. The predicted molar refractivity (Wildman–Crippen MR) is 79.1 cm³/mol. The lowest BCUT2D eigenvalue weighted by molar-refractivity contribution is 0.372. The molecule has 2 heterocycles. The summed E-state index contributed by atoms with van der Waals surface area (Å²) >= 11 is 6.68. The lowest BCUT2D eigenvalue weighted by Crippen LogP contribution is -2.41. The lowest BCUT2D eigenvalue weighted by atomic mass is 10.3. The number of terminal acetylenes is 1. The second kappa shape index (κ2) is 5.66. The van der Waals surface area contributed by atoms with E-state index in [1.165, 1.54) is 12.1 Å². The van der Waals surface area contributed by atoms with Gasteiger partial charge in [0.15, 0.2) is 9.84 Å². The van der Waals surface area contributed by atoms with Crippen molar-refractivity contribution in [3.8, 4) is 12.3 Å². The highest BCUT2D eigenvalue weighted by molar-refractivity contribution is 7.92. The number of sulfone groups is 1. The number of nitrogens with zero attached hydrogens (tertiary/aromatic N) is 1. The van der Waals surface area contributed by atoms with Crippen molar-refractivity contribution in [3.05, 3.63) is 16.5 Å². The van der Waals surface area contributed by atoms with Crippen molar-refractivity contribution in [3.63, 3.8) is 0 Å². The highest BCUT2D eigenvalue weighted by atomic mass is 35.5. The first-order valence-electron chi connectivity index (χ1n) is 5.67. The third-order valence-corrected chi connectivity index (χ3v) is 8.32. The topological polar surface area (TPSA) is 71.5 Å². The standard InChI is InChI=1S/C11H12ClNO4S3/c1-2-6-13(9-5-7-19(14,15)8-9)20(16,17)11-4-3-10(12)18-11/h1,3-4,9H,5-8H2. The molecule has 5 nitrogen and oxygen atoms in total. The van der Waals surface area contributed by atoms with Gasteiger partial charge in [0.2, 0.25) is 0 Å². The van der Waals surface area contributed by atoms with Crippen molar-refractivity contribution in [1.82, 2.24) is 4.31 Å². The van der Waals surface area contributed by atoms with Crippen LogP contribution in [0, 0.1) is 12.3 Å².